The molecule has 0 radical (unpaired) electrons. The summed E-state index contributed by atoms with van der Waals surface area (Å²) in [5, 5.41) is 3.16. The van der Waals surface area contributed by atoms with Crippen LogP contribution < -0.4 is 5.32 Å². The Balaban J connectivity index is 3.17. The molecule has 0 amide bonds. The maximum absolute atomic E-state index is 11.4. The van der Waals surface area contributed by atoms with Crippen molar-refractivity contribution in [3.8, 4) is 0 Å². The molecule has 4 nitrogen and oxygen atoms in total. The van der Waals surface area contributed by atoms with Gasteiger partial charge < -0.3 is 9.88 Å². The average Bonchev–Trinajstić information content (AvgIpc) is 2.50. The third-order valence-corrected chi connectivity index (χ3v) is 3.64. The first-order chi connectivity index (χ1) is 6.90. The lowest BCUT2D eigenvalue weighted by Crippen LogP contribution is -2.17. The Morgan fingerprint density at radius 1 is 1.53 bits per heavy atom. The second-order valence-corrected chi connectivity index (χ2v) is 5.75. The van der Waals surface area contributed by atoms with Crippen molar-refractivity contribution in [2.75, 3.05) is 13.3 Å². The summed E-state index contributed by atoms with van der Waals surface area (Å²) < 4.78 is 24.6. The largest absolute Gasteiger partial charge is 0.352 e. The first kappa shape index (κ1) is 12.3. The zero-order chi connectivity index (χ0) is 11.6. The molecule has 1 aromatic heterocycles. The third-order valence-electron chi connectivity index (χ3n) is 2.56. The summed E-state index contributed by atoms with van der Waals surface area (Å²) >= 11 is 0. The normalized spacial score (nSPS) is 14.1. The van der Waals surface area contributed by atoms with Crippen molar-refractivity contribution in [1.82, 2.24) is 9.88 Å². The topological polar surface area (TPSA) is 51.1 Å². The molecule has 0 bridgehead atoms. The van der Waals surface area contributed by atoms with Crippen molar-refractivity contribution in [3.05, 3.63) is 18.0 Å². The van der Waals surface area contributed by atoms with Gasteiger partial charge in [0.1, 0.15) is 0 Å². The Labute approximate surface area is 91.2 Å². The first-order valence-corrected chi connectivity index (χ1v) is 6.82. The summed E-state index contributed by atoms with van der Waals surface area (Å²) in [6.07, 6.45) is 3.81. The molecule has 0 unspecified atom stereocenters. The van der Waals surface area contributed by atoms with E-state index in [0.717, 1.165) is 12.1 Å². The lowest BCUT2D eigenvalue weighted by atomic mass is 10.1. The Hall–Kier alpha value is -0.810. The van der Waals surface area contributed by atoms with E-state index in [0.29, 0.717) is 4.90 Å². The molecule has 0 aliphatic heterocycles. The fraction of sp³-hybridized carbons (Fsp3) is 0.600. The van der Waals surface area contributed by atoms with Gasteiger partial charge >= 0.3 is 0 Å². The zero-order valence-electron chi connectivity index (χ0n) is 9.61. The Morgan fingerprint density at radius 2 is 2.13 bits per heavy atom. The fourth-order valence-corrected chi connectivity index (χ4v) is 2.34. The van der Waals surface area contributed by atoms with E-state index >= 15 is 0 Å². The van der Waals surface area contributed by atoms with Crippen LogP contribution in [0.4, 0.5) is 0 Å². The summed E-state index contributed by atoms with van der Waals surface area (Å²) in [4.78, 5) is 0.383. The maximum atomic E-state index is 11.4. The molecule has 0 aromatic carbocycles. The van der Waals surface area contributed by atoms with Crippen LogP contribution in [0, 0.1) is 0 Å². The van der Waals surface area contributed by atoms with Crippen LogP contribution in [0.25, 0.3) is 0 Å². The summed E-state index contributed by atoms with van der Waals surface area (Å²) in [6.45, 7) is 2.06. The molecular weight excluding hydrogens is 212 g/mol. The molecule has 0 saturated carbocycles. The van der Waals surface area contributed by atoms with Crippen LogP contribution in [0.5, 0.6) is 0 Å². The molecule has 15 heavy (non-hydrogen) atoms. The fourth-order valence-electron chi connectivity index (χ4n) is 1.66. The number of nitrogens with zero attached hydrogens (tertiary/aromatic N) is 1. The van der Waals surface area contributed by atoms with Crippen molar-refractivity contribution < 1.29 is 8.42 Å². The van der Waals surface area contributed by atoms with E-state index in [9.17, 15) is 8.42 Å². The summed E-state index contributed by atoms with van der Waals surface area (Å²) in [5.74, 6) is 0. The number of hydrogen-bond acceptors (Lipinski definition) is 3. The Kier molecular flexibility index (Phi) is 3.57. The van der Waals surface area contributed by atoms with E-state index in [4.69, 9.17) is 0 Å². The second kappa shape index (κ2) is 4.37. The standard InChI is InChI=1S/C10H18N2O2S/c1-5-9(11-2)10-6-8(7-12(10)3)15(4,13)14/h6-7,9,11H,5H2,1-4H3/t9-/m1/s1. The third kappa shape index (κ3) is 2.60. The predicted octanol–water partition coefficient (Wildman–Crippen LogP) is 1.10. The minimum Gasteiger partial charge on any atom is -0.352 e. The molecule has 1 N–H and O–H groups in total. The smallest absolute Gasteiger partial charge is 0.177 e. The number of aryl methyl sites for hydroxylation is 1. The van der Waals surface area contributed by atoms with Crippen LogP contribution in [-0.2, 0) is 16.9 Å². The minimum atomic E-state index is -3.10. The van der Waals surface area contributed by atoms with Crippen LogP contribution in [0.1, 0.15) is 25.1 Å². The van der Waals surface area contributed by atoms with E-state index in [1.807, 2.05) is 18.7 Å². The number of nitrogens with one attached hydrogen (secondary N) is 1. The van der Waals surface area contributed by atoms with Crippen LogP contribution in [0.15, 0.2) is 17.2 Å². The SMILES string of the molecule is CC[C@@H](NC)c1cc(S(C)(=O)=O)cn1C. The van der Waals surface area contributed by atoms with Crippen LogP contribution in [0.2, 0.25) is 0 Å². The average molecular weight is 230 g/mol. The van der Waals surface area contributed by atoms with Gasteiger partial charge in [0.2, 0.25) is 0 Å². The predicted molar refractivity (Wildman–Crippen MR) is 60.6 cm³/mol. The quantitative estimate of drug-likeness (QED) is 0.842. The highest BCUT2D eigenvalue weighted by Crippen LogP contribution is 2.21. The van der Waals surface area contributed by atoms with Gasteiger partial charge in [-0.05, 0) is 19.5 Å². The highest BCUT2D eigenvalue weighted by Gasteiger charge is 2.16. The molecule has 5 heteroatoms. The molecular formula is C10H18N2O2S. The van der Waals surface area contributed by atoms with Crippen molar-refractivity contribution in [2.24, 2.45) is 7.05 Å². The van der Waals surface area contributed by atoms with Gasteiger partial charge in [-0.15, -0.1) is 0 Å². The van der Waals surface area contributed by atoms with Gasteiger partial charge in [0.25, 0.3) is 0 Å². The van der Waals surface area contributed by atoms with Gasteiger partial charge in [-0.25, -0.2) is 8.42 Å². The van der Waals surface area contributed by atoms with E-state index in [1.165, 1.54) is 6.26 Å². The molecule has 86 valence electrons. The van der Waals surface area contributed by atoms with Crippen molar-refractivity contribution >= 4 is 9.84 Å². The van der Waals surface area contributed by atoms with Gasteiger partial charge in [0.15, 0.2) is 9.84 Å². The maximum Gasteiger partial charge on any atom is 0.177 e. The van der Waals surface area contributed by atoms with Gasteiger partial charge in [-0.2, -0.15) is 0 Å². The summed E-state index contributed by atoms with van der Waals surface area (Å²) in [7, 11) is 0.638. The zero-order valence-corrected chi connectivity index (χ0v) is 10.4. The van der Waals surface area contributed by atoms with Gasteiger partial charge in [0, 0.05) is 31.2 Å². The molecule has 0 saturated heterocycles. The molecule has 0 aliphatic rings. The summed E-state index contributed by atoms with van der Waals surface area (Å²) in [5.41, 5.74) is 1.00. The van der Waals surface area contributed by atoms with E-state index in [1.54, 1.807) is 12.3 Å². The van der Waals surface area contributed by atoms with Crippen LogP contribution >= 0.6 is 0 Å². The minimum absolute atomic E-state index is 0.200. The Morgan fingerprint density at radius 3 is 2.47 bits per heavy atom. The van der Waals surface area contributed by atoms with Gasteiger partial charge in [-0.3, -0.25) is 0 Å². The molecule has 0 spiro atoms. The second-order valence-electron chi connectivity index (χ2n) is 3.73. The van der Waals surface area contributed by atoms with E-state index < -0.39 is 9.84 Å². The Bertz CT molecular complexity index is 430. The number of aromatic nitrogens is 1. The van der Waals surface area contributed by atoms with Crippen LogP contribution in [0.3, 0.4) is 0 Å². The highest BCUT2D eigenvalue weighted by atomic mass is 32.2. The molecule has 1 atom stereocenters. The monoisotopic (exact) mass is 230 g/mol. The van der Waals surface area contributed by atoms with E-state index in [2.05, 4.69) is 12.2 Å². The van der Waals surface area contributed by atoms with E-state index in [-0.39, 0.29) is 6.04 Å². The first-order valence-electron chi connectivity index (χ1n) is 4.93. The molecule has 1 rings (SSSR count). The number of rotatable bonds is 4. The lowest BCUT2D eigenvalue weighted by Gasteiger charge is -2.14. The lowest BCUT2D eigenvalue weighted by molar-refractivity contribution is 0.542. The number of hydrogen-bond donors (Lipinski definition) is 1. The van der Waals surface area contributed by atoms with Gasteiger partial charge in [0.05, 0.1) is 4.90 Å². The molecule has 1 aromatic rings. The number of sulfone groups is 1. The van der Waals surface area contributed by atoms with Crippen LogP contribution in [-0.4, -0.2) is 26.3 Å². The van der Waals surface area contributed by atoms with Crippen molar-refractivity contribution in [3.63, 3.8) is 0 Å². The molecule has 1 heterocycles. The van der Waals surface area contributed by atoms with Gasteiger partial charge in [-0.1, -0.05) is 6.92 Å². The van der Waals surface area contributed by atoms with Crippen molar-refractivity contribution in [2.45, 2.75) is 24.3 Å². The van der Waals surface area contributed by atoms with Crippen molar-refractivity contribution in [1.29, 1.82) is 0 Å². The molecule has 0 fully saturated rings. The summed E-state index contributed by atoms with van der Waals surface area (Å²) in [6, 6.07) is 1.94. The molecule has 0 aliphatic carbocycles. The highest BCUT2D eigenvalue weighted by molar-refractivity contribution is 7.90.